The van der Waals surface area contributed by atoms with Gasteiger partial charge in [-0.1, -0.05) is 25.8 Å². The van der Waals surface area contributed by atoms with Gasteiger partial charge in [-0.3, -0.25) is 4.98 Å². The molecule has 1 saturated heterocycles. The van der Waals surface area contributed by atoms with Gasteiger partial charge in [0.1, 0.15) is 0 Å². The number of halogens is 1. The molecule has 19 heavy (non-hydrogen) atoms. The molecule has 0 spiro atoms. The van der Waals surface area contributed by atoms with Crippen LogP contribution in [0.1, 0.15) is 26.0 Å². The summed E-state index contributed by atoms with van der Waals surface area (Å²) in [6.45, 7) is 8.41. The Labute approximate surface area is 130 Å². The second-order valence-electron chi connectivity index (χ2n) is 3.96. The van der Waals surface area contributed by atoms with Crippen LogP contribution in [0, 0.1) is 6.92 Å². The molecule has 1 atom stereocenters. The average Bonchev–Trinajstić information content (AvgIpc) is 2.93. The highest BCUT2D eigenvalue weighted by Crippen LogP contribution is 2.15. The highest BCUT2D eigenvalue weighted by molar-refractivity contribution is 9.10. The molecular weight excluding hydrogens is 322 g/mol. The molecule has 0 saturated carbocycles. The number of nitrogens with one attached hydrogen (secondary N) is 1. The molecule has 0 aliphatic carbocycles. The fraction of sp³-hybridized carbons (Fsp3) is 0.643. The van der Waals surface area contributed by atoms with Crippen LogP contribution < -0.4 is 5.32 Å². The van der Waals surface area contributed by atoms with E-state index in [1.807, 2.05) is 51.9 Å². The molecule has 0 aromatic carbocycles. The Morgan fingerprint density at radius 2 is 2.11 bits per heavy atom. The molecule has 1 unspecified atom stereocenters. The van der Waals surface area contributed by atoms with Crippen molar-refractivity contribution in [3.05, 3.63) is 28.5 Å². The van der Waals surface area contributed by atoms with Crippen molar-refractivity contribution < 1.29 is 0 Å². The summed E-state index contributed by atoms with van der Waals surface area (Å²) in [7, 11) is 2.04. The van der Waals surface area contributed by atoms with Gasteiger partial charge in [0.15, 0.2) is 0 Å². The van der Waals surface area contributed by atoms with Gasteiger partial charge in [-0.2, -0.15) is 0 Å². The van der Waals surface area contributed by atoms with Crippen molar-refractivity contribution in [3.63, 3.8) is 0 Å². The number of hydrogen-bond donors (Lipinski definition) is 1. The summed E-state index contributed by atoms with van der Waals surface area (Å²) >= 11 is 5.13. The van der Waals surface area contributed by atoms with Crippen molar-refractivity contribution in [2.24, 2.45) is 0 Å². The zero-order valence-corrected chi connectivity index (χ0v) is 15.0. The lowest BCUT2D eigenvalue weighted by molar-refractivity contribution is 0.544. The number of nitrogens with zero attached hydrogens (tertiary/aromatic N) is 2. The van der Waals surface area contributed by atoms with E-state index in [9.17, 15) is 0 Å². The van der Waals surface area contributed by atoms with E-state index in [0.29, 0.717) is 0 Å². The molecule has 3 nitrogen and oxygen atoms in total. The molecule has 110 valence electrons. The minimum atomic E-state index is 0.734. The van der Waals surface area contributed by atoms with Gasteiger partial charge in [-0.25, -0.2) is 4.31 Å². The van der Waals surface area contributed by atoms with Crippen molar-refractivity contribution >= 4 is 27.9 Å². The van der Waals surface area contributed by atoms with Crippen molar-refractivity contribution in [3.8, 4) is 0 Å². The van der Waals surface area contributed by atoms with Crippen LogP contribution in [-0.4, -0.2) is 41.7 Å². The fourth-order valence-corrected chi connectivity index (χ4v) is 2.43. The number of hydrogen-bond acceptors (Lipinski definition) is 4. The van der Waals surface area contributed by atoms with Crippen molar-refractivity contribution in [1.29, 1.82) is 0 Å². The second kappa shape index (κ2) is 11.7. The first kappa shape index (κ1) is 18.9. The van der Waals surface area contributed by atoms with E-state index < -0.39 is 0 Å². The third kappa shape index (κ3) is 8.63. The fourth-order valence-electron chi connectivity index (χ4n) is 1.58. The minimum Gasteiger partial charge on any atom is -0.316 e. The number of rotatable bonds is 2. The summed E-state index contributed by atoms with van der Waals surface area (Å²) in [6.07, 6.45) is 5.23. The lowest BCUT2D eigenvalue weighted by atomic mass is 10.3. The SMILES string of the molecule is CC.CNC1CCN(SC)C1.Cc1ccc(Br)cn1. The summed E-state index contributed by atoms with van der Waals surface area (Å²) in [4.78, 5) is 4.03. The molecule has 1 aliphatic heterocycles. The molecule has 1 N–H and O–H groups in total. The molecule has 2 rings (SSSR count). The van der Waals surface area contributed by atoms with E-state index >= 15 is 0 Å². The van der Waals surface area contributed by atoms with Crippen LogP contribution in [0.3, 0.4) is 0 Å². The van der Waals surface area contributed by atoms with Crippen molar-refractivity contribution in [1.82, 2.24) is 14.6 Å². The van der Waals surface area contributed by atoms with E-state index in [-0.39, 0.29) is 0 Å². The van der Waals surface area contributed by atoms with Gasteiger partial charge < -0.3 is 5.32 Å². The minimum absolute atomic E-state index is 0.734. The molecule has 0 radical (unpaired) electrons. The molecule has 2 heterocycles. The first-order valence-electron chi connectivity index (χ1n) is 6.70. The lowest BCUT2D eigenvalue weighted by Crippen LogP contribution is -2.26. The van der Waals surface area contributed by atoms with Crippen LogP contribution in [0.5, 0.6) is 0 Å². The predicted molar refractivity (Wildman–Crippen MR) is 90.6 cm³/mol. The molecule has 1 fully saturated rings. The third-order valence-corrected chi connectivity index (χ3v) is 4.01. The number of pyridine rings is 1. The van der Waals surface area contributed by atoms with Gasteiger partial charge in [-0.15, -0.1) is 0 Å². The summed E-state index contributed by atoms with van der Waals surface area (Å²) in [6, 6.07) is 4.67. The Kier molecular flexibility index (Phi) is 11.6. The van der Waals surface area contributed by atoms with Crippen LogP contribution in [0.2, 0.25) is 0 Å². The number of aromatic nitrogens is 1. The highest BCUT2D eigenvalue weighted by atomic mass is 79.9. The summed E-state index contributed by atoms with van der Waals surface area (Å²) in [5.41, 5.74) is 1.05. The van der Waals surface area contributed by atoms with E-state index in [1.165, 1.54) is 19.5 Å². The maximum Gasteiger partial charge on any atom is 0.0413 e. The molecule has 0 bridgehead atoms. The van der Waals surface area contributed by atoms with Crippen LogP contribution in [0.4, 0.5) is 0 Å². The molecule has 1 aromatic heterocycles. The molecular formula is C14H26BrN3S. The van der Waals surface area contributed by atoms with Crippen molar-refractivity contribution in [2.45, 2.75) is 33.2 Å². The number of likely N-dealkylation sites (N-methyl/N-ethyl adjacent to an activating group) is 1. The maximum atomic E-state index is 4.03. The van der Waals surface area contributed by atoms with E-state index in [2.05, 4.69) is 36.8 Å². The molecule has 1 aliphatic rings. The molecule has 1 aromatic rings. The van der Waals surface area contributed by atoms with E-state index in [4.69, 9.17) is 0 Å². The second-order valence-corrected chi connectivity index (χ2v) is 5.76. The molecule has 0 amide bonds. The monoisotopic (exact) mass is 347 g/mol. The summed E-state index contributed by atoms with van der Waals surface area (Å²) in [5.74, 6) is 0. The van der Waals surface area contributed by atoms with Crippen LogP contribution in [0.15, 0.2) is 22.8 Å². The third-order valence-electron chi connectivity index (χ3n) is 2.69. The standard InChI is InChI=1S/C6H6BrN.C6H14N2S.C2H6/c1-5-2-3-6(7)4-8-5;1-7-6-3-4-8(5-6)9-2;1-2/h2-4H,1H3;6-7H,3-5H2,1-2H3;1-2H3. The Balaban J connectivity index is 0.000000303. The quantitative estimate of drug-likeness (QED) is 0.825. The first-order chi connectivity index (χ1) is 9.15. The highest BCUT2D eigenvalue weighted by Gasteiger charge is 2.19. The van der Waals surface area contributed by atoms with Gasteiger partial charge in [0.25, 0.3) is 0 Å². The number of aryl methyl sites for hydroxylation is 1. The van der Waals surface area contributed by atoms with Gasteiger partial charge in [0.05, 0.1) is 0 Å². The van der Waals surface area contributed by atoms with E-state index in [0.717, 1.165) is 16.2 Å². The zero-order valence-electron chi connectivity index (χ0n) is 12.6. The first-order valence-corrected chi connectivity index (χ1v) is 8.67. The van der Waals surface area contributed by atoms with Gasteiger partial charge >= 0.3 is 0 Å². The van der Waals surface area contributed by atoms with Gasteiger partial charge in [-0.05, 0) is 54.7 Å². The van der Waals surface area contributed by atoms with Crippen LogP contribution in [-0.2, 0) is 0 Å². The summed E-state index contributed by atoms with van der Waals surface area (Å²) < 4.78 is 3.42. The Morgan fingerprint density at radius 1 is 1.42 bits per heavy atom. The van der Waals surface area contributed by atoms with Crippen LogP contribution >= 0.6 is 27.9 Å². The average molecular weight is 348 g/mol. The smallest absolute Gasteiger partial charge is 0.0413 e. The zero-order chi connectivity index (χ0) is 14.7. The van der Waals surface area contributed by atoms with Crippen molar-refractivity contribution in [2.75, 3.05) is 26.4 Å². The Bertz CT molecular complexity index is 288. The van der Waals surface area contributed by atoms with Crippen LogP contribution in [0.25, 0.3) is 0 Å². The normalized spacial score (nSPS) is 18.1. The molecule has 5 heteroatoms. The summed E-state index contributed by atoms with van der Waals surface area (Å²) in [5, 5.41) is 3.27. The largest absolute Gasteiger partial charge is 0.316 e. The van der Waals surface area contributed by atoms with Gasteiger partial charge in [0.2, 0.25) is 0 Å². The predicted octanol–water partition coefficient (Wildman–Crippen LogP) is 3.74. The Hall–Kier alpha value is -0.100. The Morgan fingerprint density at radius 3 is 2.42 bits per heavy atom. The van der Waals surface area contributed by atoms with Gasteiger partial charge in [0, 0.05) is 35.5 Å². The maximum absolute atomic E-state index is 4.03. The lowest BCUT2D eigenvalue weighted by Gasteiger charge is -2.10. The topological polar surface area (TPSA) is 28.2 Å². The van der Waals surface area contributed by atoms with E-state index in [1.54, 1.807) is 6.20 Å².